The van der Waals surface area contributed by atoms with Crippen LogP contribution in [0.2, 0.25) is 5.28 Å². The zero-order chi connectivity index (χ0) is 24.6. The first-order valence-electron chi connectivity index (χ1n) is 10.2. The summed E-state index contributed by atoms with van der Waals surface area (Å²) in [6.45, 7) is 1.49. The third kappa shape index (κ3) is 5.40. The van der Waals surface area contributed by atoms with Crippen molar-refractivity contribution >= 4 is 36.0 Å². The first kappa shape index (κ1) is 25.0. The first-order valence-corrected chi connectivity index (χ1v) is 12.4. The molecule has 1 aliphatic heterocycles. The van der Waals surface area contributed by atoms with Crippen LogP contribution in [0.15, 0.2) is 36.5 Å². The fourth-order valence-corrected chi connectivity index (χ4v) is 4.28. The maximum Gasteiger partial charge on any atom is 0.350 e. The molecule has 3 heterocycles. The van der Waals surface area contributed by atoms with Gasteiger partial charge >= 0.3 is 7.60 Å². The van der Waals surface area contributed by atoms with Crippen molar-refractivity contribution < 1.29 is 38.4 Å². The van der Waals surface area contributed by atoms with Crippen LogP contribution >= 0.6 is 19.2 Å². The topological polar surface area (TPSA) is 159 Å². The Morgan fingerprint density at radius 2 is 2.06 bits per heavy atom. The maximum absolute atomic E-state index is 13.6. The van der Waals surface area contributed by atoms with Gasteiger partial charge in [0.15, 0.2) is 6.23 Å². The van der Waals surface area contributed by atoms with Crippen molar-refractivity contribution in [3.8, 4) is 0 Å². The number of aromatic nitrogens is 3. The van der Waals surface area contributed by atoms with E-state index in [1.165, 1.54) is 16.7 Å². The normalized spacial score (nSPS) is 24.0. The molecule has 1 aromatic carbocycles. The molecule has 0 radical (unpaired) electrons. The van der Waals surface area contributed by atoms with Crippen LogP contribution in [0.25, 0.3) is 11.0 Å². The lowest BCUT2D eigenvalue weighted by Gasteiger charge is -2.19. The number of fused-ring (bicyclic) bond motifs is 1. The summed E-state index contributed by atoms with van der Waals surface area (Å²) in [6, 6.07) is 7.48. The van der Waals surface area contributed by atoms with Gasteiger partial charge in [0.25, 0.3) is 0 Å². The lowest BCUT2D eigenvalue weighted by molar-refractivity contribution is -0.0610. The number of anilines is 1. The Balaban J connectivity index is 1.57. The summed E-state index contributed by atoms with van der Waals surface area (Å²) in [6.07, 6.45) is -4.12. The SMILES string of the molecule is C[C@H](Nc1nc(Cl)nc2c1ccn2[C@@H]1O[C@H](COCP(=O)(O)O)[C@@H](O)[C@H]1O)c1cccc(F)c1. The fourth-order valence-electron chi connectivity index (χ4n) is 3.77. The average molecular weight is 517 g/mol. The largest absolute Gasteiger partial charge is 0.387 e. The average Bonchev–Trinajstić information content (AvgIpc) is 3.29. The molecule has 14 heteroatoms. The molecular formula is C20H23ClFN4O7P. The van der Waals surface area contributed by atoms with Crippen LogP contribution in [0, 0.1) is 5.82 Å². The number of hydrogen-bond donors (Lipinski definition) is 5. The quantitative estimate of drug-likeness (QED) is 0.222. The molecule has 3 aromatic rings. The number of rotatable bonds is 8. The third-order valence-electron chi connectivity index (χ3n) is 5.40. The van der Waals surface area contributed by atoms with Crippen molar-refractivity contribution in [1.29, 1.82) is 0 Å². The second-order valence-electron chi connectivity index (χ2n) is 7.93. The molecule has 4 rings (SSSR count). The molecule has 34 heavy (non-hydrogen) atoms. The van der Waals surface area contributed by atoms with Crippen LogP contribution in [0.3, 0.4) is 0 Å². The smallest absolute Gasteiger partial charge is 0.350 e. The number of aliphatic hydroxyl groups excluding tert-OH is 2. The van der Waals surface area contributed by atoms with E-state index in [0.29, 0.717) is 22.4 Å². The van der Waals surface area contributed by atoms with Gasteiger partial charge in [-0.3, -0.25) is 4.57 Å². The van der Waals surface area contributed by atoms with E-state index in [0.717, 1.165) is 0 Å². The maximum atomic E-state index is 13.6. The van der Waals surface area contributed by atoms with Crippen LogP contribution in [-0.4, -0.2) is 65.8 Å². The number of nitrogens with one attached hydrogen (secondary N) is 1. The predicted molar refractivity (Wildman–Crippen MR) is 120 cm³/mol. The van der Waals surface area contributed by atoms with E-state index < -0.39 is 38.5 Å². The van der Waals surface area contributed by atoms with Crippen LogP contribution in [0.4, 0.5) is 10.2 Å². The van der Waals surface area contributed by atoms with E-state index in [9.17, 15) is 19.2 Å². The molecule has 1 fully saturated rings. The highest BCUT2D eigenvalue weighted by atomic mass is 35.5. The van der Waals surface area contributed by atoms with Crippen molar-refractivity contribution in [2.45, 2.75) is 37.5 Å². The fraction of sp³-hybridized carbons (Fsp3) is 0.400. The van der Waals surface area contributed by atoms with Gasteiger partial charge < -0.3 is 39.4 Å². The van der Waals surface area contributed by atoms with Crippen LogP contribution < -0.4 is 5.32 Å². The van der Waals surface area contributed by atoms with Gasteiger partial charge in [-0.15, -0.1) is 0 Å². The molecule has 1 saturated heterocycles. The van der Waals surface area contributed by atoms with Gasteiger partial charge in [0.2, 0.25) is 5.28 Å². The molecule has 1 aliphatic rings. The van der Waals surface area contributed by atoms with Crippen molar-refractivity contribution in [3.05, 3.63) is 53.2 Å². The van der Waals surface area contributed by atoms with Gasteiger partial charge in [-0.05, 0) is 42.3 Å². The molecule has 11 nitrogen and oxygen atoms in total. The van der Waals surface area contributed by atoms with Crippen molar-refractivity contribution in [2.75, 3.05) is 18.3 Å². The number of aliphatic hydroxyl groups is 2. The molecule has 0 aliphatic carbocycles. The highest BCUT2D eigenvalue weighted by molar-refractivity contribution is 7.51. The lowest BCUT2D eigenvalue weighted by Crippen LogP contribution is -2.33. The summed E-state index contributed by atoms with van der Waals surface area (Å²) >= 11 is 6.14. The van der Waals surface area contributed by atoms with Crippen LogP contribution in [0.5, 0.6) is 0 Å². The summed E-state index contributed by atoms with van der Waals surface area (Å²) < 4.78 is 36.7. The van der Waals surface area contributed by atoms with E-state index >= 15 is 0 Å². The summed E-state index contributed by atoms with van der Waals surface area (Å²) in [7, 11) is -4.39. The van der Waals surface area contributed by atoms with Gasteiger partial charge in [-0.2, -0.15) is 4.98 Å². The number of benzene rings is 1. The zero-order valence-electron chi connectivity index (χ0n) is 17.8. The van der Waals surface area contributed by atoms with E-state index in [-0.39, 0.29) is 23.7 Å². The Hall–Kier alpha value is -2.15. The van der Waals surface area contributed by atoms with Crippen LogP contribution in [-0.2, 0) is 14.0 Å². The number of ether oxygens (including phenoxy) is 2. The standard InChI is InChI=1S/C20H23ClFN4O7P/c1-10(11-3-2-4-12(22)7-11)23-17-13-5-6-26(18(13)25-20(21)24-17)19-16(28)15(27)14(33-19)8-32-9-34(29,30)31/h2-7,10,14-16,19,27-28H,8-9H2,1H3,(H,23,24,25)(H2,29,30,31)/t10-,14+,15+,16+,19+/m0/s1. The molecule has 0 saturated carbocycles. The Kier molecular flexibility index (Phi) is 7.22. The molecule has 0 amide bonds. The minimum Gasteiger partial charge on any atom is -0.387 e. The van der Waals surface area contributed by atoms with Gasteiger partial charge in [0.05, 0.1) is 18.0 Å². The first-order chi connectivity index (χ1) is 16.0. The molecule has 5 atom stereocenters. The Bertz CT molecular complexity index is 1220. The molecule has 0 spiro atoms. The second kappa shape index (κ2) is 9.84. The zero-order valence-corrected chi connectivity index (χ0v) is 19.5. The summed E-state index contributed by atoms with van der Waals surface area (Å²) in [5.41, 5.74) is 1.00. The van der Waals surface area contributed by atoms with Crippen molar-refractivity contribution in [3.63, 3.8) is 0 Å². The summed E-state index contributed by atoms with van der Waals surface area (Å²) in [5.74, 6) is 0.00787. The molecule has 0 unspecified atom stereocenters. The Labute approximate surface area is 198 Å². The highest BCUT2D eigenvalue weighted by Gasteiger charge is 2.44. The molecule has 184 valence electrons. The van der Waals surface area contributed by atoms with Crippen molar-refractivity contribution in [2.24, 2.45) is 0 Å². The Morgan fingerprint density at radius 3 is 2.76 bits per heavy atom. The predicted octanol–water partition coefficient (Wildman–Crippen LogP) is 2.17. The van der Waals surface area contributed by atoms with Gasteiger partial charge in [-0.1, -0.05) is 12.1 Å². The number of halogens is 2. The van der Waals surface area contributed by atoms with Crippen LogP contribution in [0.1, 0.15) is 24.8 Å². The Morgan fingerprint density at radius 1 is 1.29 bits per heavy atom. The van der Waals surface area contributed by atoms with E-state index in [1.807, 2.05) is 6.92 Å². The molecule has 2 aromatic heterocycles. The summed E-state index contributed by atoms with van der Waals surface area (Å²) in [5, 5.41) is 24.5. The highest BCUT2D eigenvalue weighted by Crippen LogP contribution is 2.37. The molecular weight excluding hydrogens is 494 g/mol. The summed E-state index contributed by atoms with van der Waals surface area (Å²) in [4.78, 5) is 26.3. The molecule has 5 N–H and O–H groups in total. The minimum atomic E-state index is -4.39. The van der Waals surface area contributed by atoms with Gasteiger partial charge in [0.1, 0.15) is 41.9 Å². The van der Waals surface area contributed by atoms with Crippen molar-refractivity contribution in [1.82, 2.24) is 14.5 Å². The minimum absolute atomic E-state index is 0.0871. The number of nitrogens with zero attached hydrogens (tertiary/aromatic N) is 3. The van der Waals surface area contributed by atoms with E-state index in [2.05, 4.69) is 15.3 Å². The molecule has 0 bridgehead atoms. The second-order valence-corrected chi connectivity index (χ2v) is 9.86. The van der Waals surface area contributed by atoms with E-state index in [4.69, 9.17) is 30.9 Å². The van der Waals surface area contributed by atoms with Gasteiger partial charge in [0, 0.05) is 6.20 Å². The lowest BCUT2D eigenvalue weighted by atomic mass is 10.1. The third-order valence-corrected chi connectivity index (χ3v) is 6.09. The van der Waals surface area contributed by atoms with Gasteiger partial charge in [-0.25, -0.2) is 9.37 Å². The van der Waals surface area contributed by atoms with E-state index in [1.54, 1.807) is 24.4 Å². The monoisotopic (exact) mass is 516 g/mol. The number of hydrogen-bond acceptors (Lipinski definition) is 8.